The molecule has 0 aromatic carbocycles. The number of amides is 1. The summed E-state index contributed by atoms with van der Waals surface area (Å²) >= 11 is 2.82. The van der Waals surface area contributed by atoms with E-state index in [1.807, 2.05) is 6.07 Å². The number of nitrogens with zero attached hydrogens (tertiary/aromatic N) is 2. The van der Waals surface area contributed by atoms with Gasteiger partial charge in [0.25, 0.3) is 11.1 Å². The quantitative estimate of drug-likeness (QED) is 0.377. The van der Waals surface area contributed by atoms with Crippen LogP contribution in [0.15, 0.2) is 21.8 Å². The van der Waals surface area contributed by atoms with Crippen LogP contribution in [0, 0.1) is 6.92 Å². The van der Waals surface area contributed by atoms with E-state index in [0.717, 1.165) is 4.88 Å². The van der Waals surface area contributed by atoms with E-state index in [1.165, 1.54) is 23.1 Å². The molecule has 0 radical (unpaired) electrons. The van der Waals surface area contributed by atoms with Crippen LogP contribution in [0.3, 0.4) is 0 Å². The van der Waals surface area contributed by atoms with Gasteiger partial charge in [-0.2, -0.15) is 0 Å². The van der Waals surface area contributed by atoms with Crippen molar-refractivity contribution in [2.45, 2.75) is 17.9 Å². The summed E-state index contributed by atoms with van der Waals surface area (Å²) in [6.45, 7) is 1.74. The molecule has 0 aliphatic carbocycles. The molecule has 0 saturated carbocycles. The van der Waals surface area contributed by atoms with Crippen LogP contribution in [-0.2, 0) is 5.75 Å². The van der Waals surface area contributed by atoms with E-state index in [-0.39, 0.29) is 5.91 Å². The molecule has 6 nitrogen and oxygen atoms in total. The lowest BCUT2D eigenvalue weighted by molar-refractivity contribution is 0.0957. The first-order valence-corrected chi connectivity index (χ1v) is 6.52. The fourth-order valence-electron chi connectivity index (χ4n) is 1.12. The van der Waals surface area contributed by atoms with Gasteiger partial charge in [-0.1, -0.05) is 11.8 Å². The van der Waals surface area contributed by atoms with E-state index in [2.05, 4.69) is 15.6 Å². The van der Waals surface area contributed by atoms with Crippen molar-refractivity contribution in [2.24, 2.45) is 5.84 Å². The van der Waals surface area contributed by atoms with Crippen molar-refractivity contribution in [2.75, 3.05) is 0 Å². The average molecular weight is 270 g/mol. The number of thiophene rings is 1. The number of hydrogen-bond donors (Lipinski definition) is 2. The molecule has 8 heteroatoms. The number of nitrogens with one attached hydrogen (secondary N) is 1. The van der Waals surface area contributed by atoms with Crippen LogP contribution in [0.1, 0.15) is 20.4 Å². The van der Waals surface area contributed by atoms with Crippen molar-refractivity contribution in [3.8, 4) is 0 Å². The molecule has 2 rings (SSSR count). The second kappa shape index (κ2) is 5.30. The molecule has 0 fully saturated rings. The van der Waals surface area contributed by atoms with Crippen LogP contribution in [0.25, 0.3) is 0 Å². The van der Waals surface area contributed by atoms with Crippen molar-refractivity contribution in [1.82, 2.24) is 15.6 Å². The normalized spacial score (nSPS) is 10.5. The van der Waals surface area contributed by atoms with Crippen LogP contribution >= 0.6 is 23.1 Å². The number of nitrogen functional groups attached to an aromatic ring is 1. The highest BCUT2D eigenvalue weighted by atomic mass is 32.2. The summed E-state index contributed by atoms with van der Waals surface area (Å²) in [7, 11) is 0. The van der Waals surface area contributed by atoms with Gasteiger partial charge in [0, 0.05) is 17.6 Å². The second-order valence-electron chi connectivity index (χ2n) is 3.12. The SMILES string of the molecule is Cc1nnc(SCc2ccc(C(=O)NN)s2)o1. The lowest BCUT2D eigenvalue weighted by Crippen LogP contribution is -2.29. The van der Waals surface area contributed by atoms with Crippen LogP contribution in [0.2, 0.25) is 0 Å². The Kier molecular flexibility index (Phi) is 3.77. The van der Waals surface area contributed by atoms with Crippen molar-refractivity contribution in [3.63, 3.8) is 0 Å². The van der Waals surface area contributed by atoms with Crippen LogP contribution in [0.5, 0.6) is 0 Å². The van der Waals surface area contributed by atoms with E-state index >= 15 is 0 Å². The summed E-state index contributed by atoms with van der Waals surface area (Å²) in [6.07, 6.45) is 0. The van der Waals surface area contributed by atoms with Gasteiger partial charge in [-0.15, -0.1) is 21.5 Å². The Labute approximate surface area is 106 Å². The third-order valence-corrected chi connectivity index (χ3v) is 4.00. The van der Waals surface area contributed by atoms with Gasteiger partial charge < -0.3 is 4.42 Å². The Morgan fingerprint density at radius 2 is 2.41 bits per heavy atom. The second-order valence-corrected chi connectivity index (χ2v) is 5.21. The maximum Gasteiger partial charge on any atom is 0.276 e. The van der Waals surface area contributed by atoms with E-state index in [4.69, 9.17) is 10.3 Å². The summed E-state index contributed by atoms with van der Waals surface area (Å²) in [5.74, 6) is 6.00. The summed E-state index contributed by atoms with van der Waals surface area (Å²) in [6, 6.07) is 3.62. The van der Waals surface area contributed by atoms with Crippen LogP contribution in [-0.4, -0.2) is 16.1 Å². The lowest BCUT2D eigenvalue weighted by Gasteiger charge is -1.93. The number of hydrazine groups is 1. The number of hydrogen-bond acceptors (Lipinski definition) is 7. The fraction of sp³-hybridized carbons (Fsp3) is 0.222. The molecule has 0 saturated heterocycles. The first kappa shape index (κ1) is 12.1. The minimum Gasteiger partial charge on any atom is -0.416 e. The smallest absolute Gasteiger partial charge is 0.276 e. The highest BCUT2D eigenvalue weighted by Gasteiger charge is 2.09. The zero-order valence-electron chi connectivity index (χ0n) is 8.97. The molecule has 3 N–H and O–H groups in total. The molecule has 2 aromatic heterocycles. The number of carbonyl (C=O) groups is 1. The van der Waals surface area contributed by atoms with Gasteiger partial charge in [-0.25, -0.2) is 5.84 Å². The monoisotopic (exact) mass is 270 g/mol. The van der Waals surface area contributed by atoms with E-state index in [9.17, 15) is 4.79 Å². The van der Waals surface area contributed by atoms with Gasteiger partial charge in [-0.3, -0.25) is 10.2 Å². The van der Waals surface area contributed by atoms with E-state index < -0.39 is 0 Å². The molecule has 0 aliphatic rings. The minimum absolute atomic E-state index is 0.278. The largest absolute Gasteiger partial charge is 0.416 e. The number of aromatic nitrogens is 2. The number of rotatable bonds is 4. The summed E-state index contributed by atoms with van der Waals surface area (Å²) < 4.78 is 5.23. The Bertz CT molecular complexity index is 523. The van der Waals surface area contributed by atoms with Crippen LogP contribution < -0.4 is 11.3 Å². The van der Waals surface area contributed by atoms with E-state index in [1.54, 1.807) is 13.0 Å². The van der Waals surface area contributed by atoms with Gasteiger partial charge in [0.15, 0.2) is 0 Å². The Morgan fingerprint density at radius 1 is 1.59 bits per heavy atom. The first-order chi connectivity index (χ1) is 8.19. The minimum atomic E-state index is -0.278. The van der Waals surface area contributed by atoms with Gasteiger partial charge >= 0.3 is 0 Å². The topological polar surface area (TPSA) is 94.0 Å². The molecule has 2 heterocycles. The molecular formula is C9H10N4O2S2. The van der Waals surface area contributed by atoms with Gasteiger partial charge in [0.05, 0.1) is 4.88 Å². The van der Waals surface area contributed by atoms with Crippen LogP contribution in [0.4, 0.5) is 0 Å². The molecule has 90 valence electrons. The number of thioether (sulfide) groups is 1. The maximum atomic E-state index is 11.2. The van der Waals surface area contributed by atoms with Crippen molar-refractivity contribution in [1.29, 1.82) is 0 Å². The summed E-state index contributed by atoms with van der Waals surface area (Å²) in [4.78, 5) is 12.9. The Balaban J connectivity index is 1.95. The maximum absolute atomic E-state index is 11.2. The lowest BCUT2D eigenvalue weighted by atomic mass is 10.4. The van der Waals surface area contributed by atoms with Gasteiger partial charge in [0.2, 0.25) is 5.89 Å². The zero-order chi connectivity index (χ0) is 12.3. The predicted octanol–water partition coefficient (Wildman–Crippen LogP) is 1.34. The summed E-state index contributed by atoms with van der Waals surface area (Å²) in [5.41, 5.74) is 2.10. The Morgan fingerprint density at radius 3 is 3.06 bits per heavy atom. The predicted molar refractivity (Wildman–Crippen MR) is 64.6 cm³/mol. The molecule has 2 aromatic rings. The highest BCUT2D eigenvalue weighted by Crippen LogP contribution is 2.25. The molecule has 0 unspecified atom stereocenters. The van der Waals surface area contributed by atoms with E-state index in [0.29, 0.717) is 21.7 Å². The third kappa shape index (κ3) is 3.05. The molecule has 0 spiro atoms. The molecule has 0 aliphatic heterocycles. The number of aryl methyl sites for hydroxylation is 1. The zero-order valence-corrected chi connectivity index (χ0v) is 10.6. The molecule has 0 atom stereocenters. The number of carbonyl (C=O) groups excluding carboxylic acids is 1. The first-order valence-electron chi connectivity index (χ1n) is 4.71. The fourth-order valence-corrected chi connectivity index (χ4v) is 2.88. The molecule has 17 heavy (non-hydrogen) atoms. The Hall–Kier alpha value is -1.38. The summed E-state index contributed by atoms with van der Waals surface area (Å²) in [5, 5.41) is 8.13. The van der Waals surface area contributed by atoms with Crippen molar-refractivity contribution in [3.05, 3.63) is 27.8 Å². The van der Waals surface area contributed by atoms with Crippen molar-refractivity contribution >= 4 is 29.0 Å². The number of nitrogens with two attached hydrogens (primary N) is 1. The molecule has 0 bridgehead atoms. The molecule has 1 amide bonds. The highest BCUT2D eigenvalue weighted by molar-refractivity contribution is 7.98. The van der Waals surface area contributed by atoms with Crippen molar-refractivity contribution < 1.29 is 9.21 Å². The average Bonchev–Trinajstić information content (AvgIpc) is 2.94. The third-order valence-electron chi connectivity index (χ3n) is 1.86. The van der Waals surface area contributed by atoms with Gasteiger partial charge in [-0.05, 0) is 12.1 Å². The standard InChI is InChI=1S/C9H10N4O2S2/c1-5-12-13-9(15-5)16-4-6-2-3-7(17-6)8(14)11-10/h2-3H,4,10H2,1H3,(H,11,14). The van der Waals surface area contributed by atoms with Gasteiger partial charge in [0.1, 0.15) is 0 Å². The molecular weight excluding hydrogens is 260 g/mol.